The quantitative estimate of drug-likeness (QED) is 0.765. The molecule has 0 aliphatic rings. The number of hydrogen-bond donors (Lipinski definition) is 0. The summed E-state index contributed by atoms with van der Waals surface area (Å²) in [5.74, 6) is 0.648. The maximum atomic E-state index is 13.7. The molecule has 0 N–H and O–H groups in total. The van der Waals surface area contributed by atoms with Crippen LogP contribution in [0.25, 0.3) is 0 Å². The second kappa shape index (κ2) is 5.65. The van der Waals surface area contributed by atoms with Crippen LogP contribution in [0, 0.1) is 0 Å². The predicted octanol–water partition coefficient (Wildman–Crippen LogP) is 3.65. The van der Waals surface area contributed by atoms with Gasteiger partial charge in [0.05, 0.1) is 0 Å². The highest BCUT2D eigenvalue weighted by Crippen LogP contribution is 2.25. The van der Waals surface area contributed by atoms with Crippen LogP contribution in [-0.4, -0.2) is 6.29 Å². The summed E-state index contributed by atoms with van der Waals surface area (Å²) < 4.78 is 19.3. The van der Waals surface area contributed by atoms with Crippen molar-refractivity contribution in [2.24, 2.45) is 0 Å². The van der Waals surface area contributed by atoms with E-state index in [1.807, 2.05) is 30.3 Å². The van der Waals surface area contributed by atoms with Gasteiger partial charge in [-0.15, -0.1) is 0 Å². The lowest BCUT2D eigenvalue weighted by molar-refractivity contribution is -0.117. The number of ether oxygens (including phenoxy) is 1. The molecule has 0 spiro atoms. The van der Waals surface area contributed by atoms with E-state index in [1.165, 1.54) is 6.92 Å². The predicted molar refractivity (Wildman–Crippen MR) is 71.7 cm³/mol. The lowest BCUT2D eigenvalue weighted by atomic mass is 10.00. The molecule has 2 aromatic rings. The topological polar surface area (TPSA) is 26.3 Å². The smallest absolute Gasteiger partial charge is 0.187 e. The normalized spacial score (nSPS) is 13.6. The van der Waals surface area contributed by atoms with Crippen molar-refractivity contribution in [1.82, 2.24) is 0 Å². The van der Waals surface area contributed by atoms with Crippen molar-refractivity contribution in [2.75, 3.05) is 0 Å². The van der Waals surface area contributed by atoms with Gasteiger partial charge in [-0.05, 0) is 30.2 Å². The SMILES string of the molecule is CC(F)(C=O)c1ccc(OCc2ccccc2)cc1. The first-order valence-electron chi connectivity index (χ1n) is 6.04. The molecule has 0 bridgehead atoms. The van der Waals surface area contributed by atoms with Crippen molar-refractivity contribution in [1.29, 1.82) is 0 Å². The van der Waals surface area contributed by atoms with E-state index in [9.17, 15) is 9.18 Å². The molecule has 0 aliphatic carbocycles. The Morgan fingerprint density at radius 2 is 1.74 bits per heavy atom. The molecule has 19 heavy (non-hydrogen) atoms. The number of halogens is 1. The third-order valence-electron chi connectivity index (χ3n) is 2.89. The van der Waals surface area contributed by atoms with Gasteiger partial charge < -0.3 is 4.74 Å². The summed E-state index contributed by atoms with van der Waals surface area (Å²) >= 11 is 0. The molecular weight excluding hydrogens is 243 g/mol. The van der Waals surface area contributed by atoms with Gasteiger partial charge >= 0.3 is 0 Å². The minimum Gasteiger partial charge on any atom is -0.489 e. The number of benzene rings is 2. The molecule has 0 saturated carbocycles. The Kier molecular flexibility index (Phi) is 3.95. The summed E-state index contributed by atoms with van der Waals surface area (Å²) in [6, 6.07) is 16.2. The number of alkyl halides is 1. The van der Waals surface area contributed by atoms with Crippen LogP contribution in [0.2, 0.25) is 0 Å². The Morgan fingerprint density at radius 1 is 1.11 bits per heavy atom. The summed E-state index contributed by atoms with van der Waals surface area (Å²) in [6.07, 6.45) is 0.298. The van der Waals surface area contributed by atoms with E-state index < -0.39 is 5.67 Å². The zero-order valence-electron chi connectivity index (χ0n) is 10.7. The standard InChI is InChI=1S/C16H15FO2/c1-16(17,12-18)14-7-9-15(10-8-14)19-11-13-5-3-2-4-6-13/h2-10,12H,11H2,1H3. The monoisotopic (exact) mass is 258 g/mol. The third kappa shape index (κ3) is 3.41. The van der Waals surface area contributed by atoms with Crippen LogP contribution in [-0.2, 0) is 17.1 Å². The van der Waals surface area contributed by atoms with Gasteiger partial charge in [0.1, 0.15) is 12.4 Å². The fraction of sp³-hybridized carbons (Fsp3) is 0.188. The Hall–Kier alpha value is -2.16. The molecule has 3 heteroatoms. The number of aldehydes is 1. The molecule has 1 unspecified atom stereocenters. The van der Waals surface area contributed by atoms with E-state index in [1.54, 1.807) is 24.3 Å². The molecule has 0 amide bonds. The second-order valence-corrected chi connectivity index (χ2v) is 4.49. The zero-order chi connectivity index (χ0) is 13.7. The van der Waals surface area contributed by atoms with Gasteiger partial charge in [-0.25, -0.2) is 4.39 Å². The van der Waals surface area contributed by atoms with Crippen LogP contribution in [0.15, 0.2) is 54.6 Å². The first kappa shape index (κ1) is 13.3. The van der Waals surface area contributed by atoms with Crippen LogP contribution in [0.4, 0.5) is 4.39 Å². The van der Waals surface area contributed by atoms with Crippen molar-refractivity contribution >= 4 is 6.29 Å². The number of carbonyl (C=O) groups is 1. The second-order valence-electron chi connectivity index (χ2n) is 4.49. The van der Waals surface area contributed by atoms with Crippen LogP contribution in [0.3, 0.4) is 0 Å². The number of hydrogen-bond acceptors (Lipinski definition) is 2. The van der Waals surface area contributed by atoms with Gasteiger partial charge in [-0.3, -0.25) is 4.79 Å². The first-order chi connectivity index (χ1) is 9.12. The van der Waals surface area contributed by atoms with E-state index in [2.05, 4.69) is 0 Å². The summed E-state index contributed by atoms with van der Waals surface area (Å²) in [6.45, 7) is 1.70. The van der Waals surface area contributed by atoms with Crippen molar-refractivity contribution < 1.29 is 13.9 Å². The molecule has 0 aromatic heterocycles. The fourth-order valence-electron chi connectivity index (χ4n) is 1.69. The number of carbonyl (C=O) groups excluding carboxylic acids is 1. The van der Waals surface area contributed by atoms with E-state index in [0.29, 0.717) is 24.2 Å². The van der Waals surface area contributed by atoms with Gasteiger partial charge in [0, 0.05) is 0 Å². The zero-order valence-corrected chi connectivity index (χ0v) is 10.7. The van der Waals surface area contributed by atoms with E-state index in [0.717, 1.165) is 5.56 Å². The van der Waals surface area contributed by atoms with Gasteiger partial charge in [0.15, 0.2) is 12.0 Å². The number of rotatable bonds is 5. The minimum absolute atomic E-state index is 0.298. The average Bonchev–Trinajstić information content (AvgIpc) is 2.47. The summed E-state index contributed by atoms with van der Waals surface area (Å²) in [7, 11) is 0. The van der Waals surface area contributed by atoms with Crippen molar-refractivity contribution in [3.63, 3.8) is 0 Å². The van der Waals surface area contributed by atoms with Crippen molar-refractivity contribution in [3.8, 4) is 5.75 Å². The van der Waals surface area contributed by atoms with E-state index in [-0.39, 0.29) is 0 Å². The van der Waals surface area contributed by atoms with Crippen LogP contribution in [0.5, 0.6) is 5.75 Å². The largest absolute Gasteiger partial charge is 0.489 e. The molecule has 2 nitrogen and oxygen atoms in total. The first-order valence-corrected chi connectivity index (χ1v) is 6.04. The lowest BCUT2D eigenvalue weighted by Crippen LogP contribution is -2.16. The Labute approximate surface area is 111 Å². The Bertz CT molecular complexity index is 532. The summed E-state index contributed by atoms with van der Waals surface area (Å²) in [5, 5.41) is 0. The van der Waals surface area contributed by atoms with Crippen molar-refractivity contribution in [2.45, 2.75) is 19.2 Å². The molecule has 2 rings (SSSR count). The highest BCUT2D eigenvalue weighted by Gasteiger charge is 2.24. The summed E-state index contributed by atoms with van der Waals surface area (Å²) in [4.78, 5) is 10.6. The van der Waals surface area contributed by atoms with Crippen LogP contribution >= 0.6 is 0 Å². The molecule has 0 aliphatic heterocycles. The van der Waals surface area contributed by atoms with Gasteiger partial charge in [-0.2, -0.15) is 0 Å². The van der Waals surface area contributed by atoms with Crippen LogP contribution in [0.1, 0.15) is 18.1 Å². The van der Waals surface area contributed by atoms with Crippen LogP contribution < -0.4 is 4.74 Å². The van der Waals surface area contributed by atoms with Gasteiger partial charge in [-0.1, -0.05) is 42.5 Å². The van der Waals surface area contributed by atoms with Gasteiger partial charge in [0.2, 0.25) is 0 Å². The van der Waals surface area contributed by atoms with E-state index in [4.69, 9.17) is 4.74 Å². The third-order valence-corrected chi connectivity index (χ3v) is 2.89. The molecule has 2 aromatic carbocycles. The lowest BCUT2D eigenvalue weighted by Gasteiger charge is -2.13. The molecule has 98 valence electrons. The molecule has 0 fully saturated rings. The molecule has 0 saturated heterocycles. The molecule has 0 radical (unpaired) electrons. The highest BCUT2D eigenvalue weighted by atomic mass is 19.1. The molecular formula is C16H15FO2. The van der Waals surface area contributed by atoms with Gasteiger partial charge in [0.25, 0.3) is 0 Å². The molecule has 1 atom stereocenters. The fourth-order valence-corrected chi connectivity index (χ4v) is 1.69. The Balaban J connectivity index is 2.01. The maximum absolute atomic E-state index is 13.7. The summed E-state index contributed by atoms with van der Waals surface area (Å²) in [5.41, 5.74) is -0.554. The maximum Gasteiger partial charge on any atom is 0.187 e. The van der Waals surface area contributed by atoms with E-state index >= 15 is 0 Å². The highest BCUT2D eigenvalue weighted by molar-refractivity contribution is 5.65. The Morgan fingerprint density at radius 3 is 2.32 bits per heavy atom. The average molecular weight is 258 g/mol. The molecule has 0 heterocycles. The van der Waals surface area contributed by atoms with Crippen molar-refractivity contribution in [3.05, 3.63) is 65.7 Å². The minimum atomic E-state index is -1.95.